The van der Waals surface area contributed by atoms with Crippen molar-refractivity contribution in [1.82, 2.24) is 20.4 Å². The molecule has 2 saturated heterocycles. The third kappa shape index (κ3) is 3.25. The van der Waals surface area contributed by atoms with Crippen LogP contribution in [0, 0.1) is 5.92 Å². The Hall–Kier alpha value is -1.60. The molecule has 0 saturated carbocycles. The summed E-state index contributed by atoms with van der Waals surface area (Å²) >= 11 is 0. The third-order valence-corrected chi connectivity index (χ3v) is 4.41. The minimum absolute atomic E-state index is 0. The molecular weight excluding hydrogens is 306 g/mol. The van der Waals surface area contributed by atoms with Gasteiger partial charge in [0.25, 0.3) is 0 Å². The van der Waals surface area contributed by atoms with Crippen molar-refractivity contribution in [3.05, 3.63) is 12.4 Å². The van der Waals surface area contributed by atoms with Crippen LogP contribution >= 0.6 is 12.4 Å². The number of hydrogen-bond donors (Lipinski definition) is 2. The Balaban J connectivity index is 0.00000176. The summed E-state index contributed by atoms with van der Waals surface area (Å²) in [5.41, 5.74) is 0.738. The predicted molar refractivity (Wildman–Crippen MR) is 85.0 cm³/mol. The number of H-pyrrole nitrogens is 1. The van der Waals surface area contributed by atoms with Crippen LogP contribution in [0.4, 0.5) is 5.69 Å². The largest absolute Gasteiger partial charge is 0.341 e. The number of aromatic amines is 1. The van der Waals surface area contributed by atoms with Gasteiger partial charge in [0, 0.05) is 38.3 Å². The highest BCUT2D eigenvalue weighted by atomic mass is 35.5. The molecule has 2 N–H and O–H groups in total. The molecule has 22 heavy (non-hydrogen) atoms. The van der Waals surface area contributed by atoms with Gasteiger partial charge in [-0.25, -0.2) is 0 Å². The maximum atomic E-state index is 12.6. The molecule has 0 aromatic carbocycles. The molecule has 0 spiro atoms. The van der Waals surface area contributed by atoms with Crippen LogP contribution < -0.4 is 10.2 Å². The summed E-state index contributed by atoms with van der Waals surface area (Å²) in [6.07, 6.45) is 5.71. The first kappa shape index (κ1) is 16.8. The van der Waals surface area contributed by atoms with Crippen LogP contribution in [0.3, 0.4) is 0 Å². The molecule has 1 aromatic rings. The fourth-order valence-corrected chi connectivity index (χ4v) is 3.19. The average molecular weight is 328 g/mol. The van der Waals surface area contributed by atoms with E-state index in [2.05, 4.69) is 15.5 Å². The van der Waals surface area contributed by atoms with Crippen LogP contribution in [-0.4, -0.2) is 59.6 Å². The number of rotatable bonds is 3. The second kappa shape index (κ2) is 7.11. The second-order valence-corrected chi connectivity index (χ2v) is 5.77. The summed E-state index contributed by atoms with van der Waals surface area (Å²) in [5.74, 6) is -0.130. The van der Waals surface area contributed by atoms with Gasteiger partial charge in [-0.15, -0.1) is 12.4 Å². The van der Waals surface area contributed by atoms with E-state index in [1.54, 1.807) is 17.3 Å². The molecule has 0 radical (unpaired) electrons. The number of amides is 2. The number of hydrogen-bond acceptors (Lipinski definition) is 4. The first-order chi connectivity index (χ1) is 10.2. The number of halogens is 1. The van der Waals surface area contributed by atoms with E-state index in [9.17, 15) is 9.59 Å². The molecule has 2 amide bonds. The lowest BCUT2D eigenvalue weighted by molar-refractivity contribution is -0.137. The number of nitrogens with zero attached hydrogens (tertiary/aromatic N) is 3. The average Bonchev–Trinajstić information content (AvgIpc) is 3.15. The van der Waals surface area contributed by atoms with Gasteiger partial charge in [0.05, 0.1) is 17.8 Å². The van der Waals surface area contributed by atoms with Gasteiger partial charge in [-0.3, -0.25) is 14.7 Å². The van der Waals surface area contributed by atoms with Gasteiger partial charge in [0.15, 0.2) is 0 Å². The zero-order chi connectivity index (χ0) is 14.8. The second-order valence-electron chi connectivity index (χ2n) is 5.77. The minimum atomic E-state index is -0.233. The molecule has 3 rings (SSSR count). The molecule has 3 heterocycles. The lowest BCUT2D eigenvalue weighted by Crippen LogP contribution is -2.49. The van der Waals surface area contributed by atoms with Crippen LogP contribution in [0.15, 0.2) is 12.4 Å². The van der Waals surface area contributed by atoms with Crippen molar-refractivity contribution in [2.24, 2.45) is 5.92 Å². The van der Waals surface area contributed by atoms with E-state index >= 15 is 0 Å². The fourth-order valence-electron chi connectivity index (χ4n) is 3.19. The Morgan fingerprint density at radius 1 is 1.45 bits per heavy atom. The van der Waals surface area contributed by atoms with Crippen molar-refractivity contribution in [2.45, 2.75) is 25.3 Å². The standard InChI is InChI=1S/C14H21N5O2.ClH/c1-15-11-3-2-4-18(9-11)14(21)10-5-13(20)19(8-10)12-6-16-17-7-12;/h6-7,10-11,15H,2-5,8-9H2,1H3,(H,16,17);1H. The van der Waals surface area contributed by atoms with Gasteiger partial charge in [0.1, 0.15) is 0 Å². The Morgan fingerprint density at radius 2 is 2.27 bits per heavy atom. The molecule has 2 atom stereocenters. The molecule has 2 aliphatic heterocycles. The maximum absolute atomic E-state index is 12.6. The molecule has 0 bridgehead atoms. The molecule has 122 valence electrons. The highest BCUT2D eigenvalue weighted by molar-refractivity contribution is 6.00. The monoisotopic (exact) mass is 327 g/mol. The van der Waals surface area contributed by atoms with Crippen molar-refractivity contribution in [2.75, 3.05) is 31.6 Å². The number of anilines is 1. The van der Waals surface area contributed by atoms with Crippen LogP contribution in [-0.2, 0) is 9.59 Å². The number of carbonyl (C=O) groups excluding carboxylic acids is 2. The number of piperidine rings is 1. The van der Waals surface area contributed by atoms with E-state index in [1.807, 2.05) is 11.9 Å². The molecule has 0 aliphatic carbocycles. The van der Waals surface area contributed by atoms with Gasteiger partial charge >= 0.3 is 0 Å². The summed E-state index contributed by atoms with van der Waals surface area (Å²) in [5, 5.41) is 9.80. The summed E-state index contributed by atoms with van der Waals surface area (Å²) in [6.45, 7) is 2.00. The zero-order valence-electron chi connectivity index (χ0n) is 12.6. The van der Waals surface area contributed by atoms with Crippen LogP contribution in [0.2, 0.25) is 0 Å². The van der Waals surface area contributed by atoms with E-state index in [0.29, 0.717) is 19.0 Å². The number of carbonyl (C=O) groups is 2. The Kier molecular flexibility index (Phi) is 5.42. The number of nitrogens with one attached hydrogen (secondary N) is 2. The van der Waals surface area contributed by atoms with Crippen molar-refractivity contribution in [3.8, 4) is 0 Å². The Morgan fingerprint density at radius 3 is 2.95 bits per heavy atom. The molecule has 2 aliphatic rings. The summed E-state index contributed by atoms with van der Waals surface area (Å²) < 4.78 is 0. The van der Waals surface area contributed by atoms with Gasteiger partial charge in [-0.1, -0.05) is 0 Å². The lowest BCUT2D eigenvalue weighted by Gasteiger charge is -2.34. The molecule has 8 heteroatoms. The number of likely N-dealkylation sites (N-methyl/N-ethyl adjacent to an activating group) is 1. The van der Waals surface area contributed by atoms with Crippen LogP contribution in [0.5, 0.6) is 0 Å². The topological polar surface area (TPSA) is 81.3 Å². The SMILES string of the molecule is CNC1CCCN(C(=O)C2CC(=O)N(c3cn[nH]c3)C2)C1.Cl. The minimum Gasteiger partial charge on any atom is -0.341 e. The number of likely N-dealkylation sites (tertiary alicyclic amines) is 1. The van der Waals surface area contributed by atoms with Gasteiger partial charge in [-0.05, 0) is 19.9 Å². The van der Waals surface area contributed by atoms with Crippen molar-refractivity contribution >= 4 is 29.9 Å². The van der Waals surface area contributed by atoms with Crippen molar-refractivity contribution in [3.63, 3.8) is 0 Å². The lowest BCUT2D eigenvalue weighted by atomic mass is 10.0. The van der Waals surface area contributed by atoms with E-state index in [-0.39, 0.29) is 30.1 Å². The smallest absolute Gasteiger partial charge is 0.228 e. The number of aromatic nitrogens is 2. The quantitative estimate of drug-likeness (QED) is 0.842. The van der Waals surface area contributed by atoms with E-state index < -0.39 is 0 Å². The molecule has 2 unspecified atom stereocenters. The van der Waals surface area contributed by atoms with Crippen LogP contribution in [0.1, 0.15) is 19.3 Å². The Labute approximate surface area is 135 Å². The molecule has 1 aromatic heterocycles. The van der Waals surface area contributed by atoms with E-state index in [4.69, 9.17) is 0 Å². The molecule has 2 fully saturated rings. The summed E-state index contributed by atoms with van der Waals surface area (Å²) in [7, 11) is 1.93. The first-order valence-corrected chi connectivity index (χ1v) is 7.44. The predicted octanol–water partition coefficient (Wildman–Crippen LogP) is 0.395. The zero-order valence-corrected chi connectivity index (χ0v) is 13.4. The van der Waals surface area contributed by atoms with Gasteiger partial charge in [0.2, 0.25) is 11.8 Å². The summed E-state index contributed by atoms with van der Waals surface area (Å²) in [6, 6.07) is 0.366. The van der Waals surface area contributed by atoms with Crippen molar-refractivity contribution < 1.29 is 9.59 Å². The van der Waals surface area contributed by atoms with Crippen molar-refractivity contribution in [1.29, 1.82) is 0 Å². The normalized spacial score (nSPS) is 25.2. The van der Waals surface area contributed by atoms with Crippen LogP contribution in [0.25, 0.3) is 0 Å². The van der Waals surface area contributed by atoms with Gasteiger partial charge < -0.3 is 15.1 Å². The van der Waals surface area contributed by atoms with Gasteiger partial charge in [-0.2, -0.15) is 5.10 Å². The summed E-state index contributed by atoms with van der Waals surface area (Å²) in [4.78, 5) is 28.3. The van der Waals surface area contributed by atoms with E-state index in [1.165, 1.54) is 0 Å². The first-order valence-electron chi connectivity index (χ1n) is 7.44. The highest BCUT2D eigenvalue weighted by Gasteiger charge is 2.38. The third-order valence-electron chi connectivity index (χ3n) is 4.41. The fraction of sp³-hybridized carbons (Fsp3) is 0.643. The Bertz CT molecular complexity index is 521. The highest BCUT2D eigenvalue weighted by Crippen LogP contribution is 2.26. The maximum Gasteiger partial charge on any atom is 0.228 e. The molecular formula is C14H22ClN5O2. The molecule has 7 nitrogen and oxygen atoms in total. The van der Waals surface area contributed by atoms with E-state index in [0.717, 1.165) is 31.6 Å².